The Balaban J connectivity index is 3.02. The minimum Gasteiger partial charge on any atom is -0.383 e. The van der Waals surface area contributed by atoms with Gasteiger partial charge in [0.05, 0.1) is 6.61 Å². The highest BCUT2D eigenvalue weighted by molar-refractivity contribution is 5.54. The van der Waals surface area contributed by atoms with E-state index in [9.17, 15) is 0 Å². The lowest BCUT2D eigenvalue weighted by Crippen LogP contribution is -2.37. The average Bonchev–Trinajstić information content (AvgIpc) is 2.39. The number of ether oxygens (including phenoxy) is 1. The van der Waals surface area contributed by atoms with Crippen LogP contribution in [0.2, 0.25) is 0 Å². The van der Waals surface area contributed by atoms with Crippen LogP contribution in [0.1, 0.15) is 32.0 Å². The summed E-state index contributed by atoms with van der Waals surface area (Å²) in [5.74, 6) is 0. The van der Waals surface area contributed by atoms with Gasteiger partial charge in [0.15, 0.2) is 0 Å². The molecular weight excluding hydrogens is 238 g/mol. The Morgan fingerprint density at radius 2 is 2.16 bits per heavy atom. The molecule has 1 rings (SSSR count). The summed E-state index contributed by atoms with van der Waals surface area (Å²) in [6.07, 6.45) is 1.98. The molecule has 0 bridgehead atoms. The monoisotopic (exact) mass is 265 g/mol. The molecular formula is C15H27N3O. The second-order valence-corrected chi connectivity index (χ2v) is 4.83. The van der Waals surface area contributed by atoms with Gasteiger partial charge in [-0.3, -0.25) is 4.98 Å². The lowest BCUT2D eigenvalue weighted by atomic mass is 10.1. The molecule has 0 fully saturated rings. The van der Waals surface area contributed by atoms with Crippen molar-refractivity contribution in [3.63, 3.8) is 0 Å². The van der Waals surface area contributed by atoms with Crippen molar-refractivity contribution in [3.8, 4) is 0 Å². The standard InChI is InChI=1S/C15H27N3O/c1-6-16-9-14-10-17-12(3)8-15(14)18(7-2)13(4)11-19-5/h8,10,13,16H,6-7,9,11H2,1-5H3. The number of aromatic nitrogens is 1. The van der Waals surface area contributed by atoms with Crippen molar-refractivity contribution in [2.24, 2.45) is 0 Å². The SMILES string of the molecule is CCNCc1cnc(C)cc1N(CC)C(C)COC. The van der Waals surface area contributed by atoms with Gasteiger partial charge in [-0.25, -0.2) is 0 Å². The lowest BCUT2D eigenvalue weighted by molar-refractivity contribution is 0.182. The summed E-state index contributed by atoms with van der Waals surface area (Å²) in [6, 6.07) is 2.53. The number of anilines is 1. The maximum Gasteiger partial charge on any atom is 0.0663 e. The number of nitrogens with zero attached hydrogens (tertiary/aromatic N) is 2. The first-order chi connectivity index (χ1) is 9.13. The van der Waals surface area contributed by atoms with E-state index >= 15 is 0 Å². The predicted molar refractivity (Wildman–Crippen MR) is 80.7 cm³/mol. The van der Waals surface area contributed by atoms with Crippen molar-refractivity contribution in [2.75, 3.05) is 31.7 Å². The van der Waals surface area contributed by atoms with Gasteiger partial charge in [0.1, 0.15) is 0 Å². The number of rotatable bonds is 8. The first-order valence-electron chi connectivity index (χ1n) is 7.05. The molecule has 0 saturated heterocycles. The molecule has 1 aromatic rings. The molecule has 0 spiro atoms. The van der Waals surface area contributed by atoms with Crippen molar-refractivity contribution >= 4 is 5.69 Å². The molecule has 4 heteroatoms. The van der Waals surface area contributed by atoms with Crippen molar-refractivity contribution < 1.29 is 4.74 Å². The summed E-state index contributed by atoms with van der Waals surface area (Å²) >= 11 is 0. The molecule has 0 aromatic carbocycles. The van der Waals surface area contributed by atoms with Crippen LogP contribution >= 0.6 is 0 Å². The first-order valence-corrected chi connectivity index (χ1v) is 7.05. The number of likely N-dealkylation sites (N-methyl/N-ethyl adjacent to an activating group) is 1. The maximum atomic E-state index is 5.29. The van der Waals surface area contributed by atoms with E-state index in [1.807, 2.05) is 13.1 Å². The van der Waals surface area contributed by atoms with Gasteiger partial charge < -0.3 is 15.0 Å². The smallest absolute Gasteiger partial charge is 0.0663 e. The van der Waals surface area contributed by atoms with E-state index in [-0.39, 0.29) is 0 Å². The van der Waals surface area contributed by atoms with E-state index in [0.717, 1.165) is 31.9 Å². The van der Waals surface area contributed by atoms with Gasteiger partial charge in [0.2, 0.25) is 0 Å². The zero-order valence-corrected chi connectivity index (χ0v) is 12.9. The van der Waals surface area contributed by atoms with Crippen LogP contribution in [-0.4, -0.2) is 37.8 Å². The molecule has 1 atom stereocenters. The van der Waals surface area contributed by atoms with Crippen molar-refractivity contribution in [2.45, 2.75) is 40.3 Å². The fourth-order valence-electron chi connectivity index (χ4n) is 2.29. The third kappa shape index (κ3) is 4.48. The number of nitrogens with one attached hydrogen (secondary N) is 1. The fraction of sp³-hybridized carbons (Fsp3) is 0.667. The van der Waals surface area contributed by atoms with E-state index in [4.69, 9.17) is 4.74 Å². The molecule has 0 saturated carbocycles. The minimum atomic E-state index is 0.358. The highest BCUT2D eigenvalue weighted by Gasteiger charge is 2.16. The zero-order chi connectivity index (χ0) is 14.3. The van der Waals surface area contributed by atoms with Gasteiger partial charge in [-0.1, -0.05) is 6.92 Å². The number of hydrogen-bond donors (Lipinski definition) is 1. The zero-order valence-electron chi connectivity index (χ0n) is 12.9. The van der Waals surface area contributed by atoms with Crippen LogP contribution in [0, 0.1) is 6.92 Å². The van der Waals surface area contributed by atoms with Crippen LogP contribution in [0.5, 0.6) is 0 Å². The molecule has 1 heterocycles. The summed E-state index contributed by atoms with van der Waals surface area (Å²) in [5, 5.41) is 3.38. The van der Waals surface area contributed by atoms with E-state index < -0.39 is 0 Å². The summed E-state index contributed by atoms with van der Waals surface area (Å²) in [5.41, 5.74) is 3.57. The highest BCUT2D eigenvalue weighted by Crippen LogP contribution is 2.23. The average molecular weight is 265 g/mol. The van der Waals surface area contributed by atoms with Gasteiger partial charge >= 0.3 is 0 Å². The predicted octanol–water partition coefficient (Wildman–Crippen LogP) is 2.36. The van der Waals surface area contributed by atoms with Crippen LogP contribution in [-0.2, 0) is 11.3 Å². The van der Waals surface area contributed by atoms with Crippen molar-refractivity contribution in [1.29, 1.82) is 0 Å². The van der Waals surface area contributed by atoms with Gasteiger partial charge in [-0.05, 0) is 33.4 Å². The Morgan fingerprint density at radius 1 is 1.42 bits per heavy atom. The molecule has 108 valence electrons. The molecule has 0 radical (unpaired) electrons. The van der Waals surface area contributed by atoms with E-state index in [0.29, 0.717) is 6.04 Å². The van der Waals surface area contributed by atoms with E-state index in [1.165, 1.54) is 11.3 Å². The van der Waals surface area contributed by atoms with E-state index in [1.54, 1.807) is 7.11 Å². The third-order valence-corrected chi connectivity index (χ3v) is 3.25. The van der Waals surface area contributed by atoms with Gasteiger partial charge in [-0.15, -0.1) is 0 Å². The topological polar surface area (TPSA) is 37.4 Å². The molecule has 0 aliphatic carbocycles. The maximum absolute atomic E-state index is 5.29. The highest BCUT2D eigenvalue weighted by atomic mass is 16.5. The fourth-order valence-corrected chi connectivity index (χ4v) is 2.29. The summed E-state index contributed by atoms with van der Waals surface area (Å²) in [4.78, 5) is 6.80. The number of aryl methyl sites for hydroxylation is 1. The second-order valence-electron chi connectivity index (χ2n) is 4.83. The Morgan fingerprint density at radius 3 is 2.74 bits per heavy atom. The van der Waals surface area contributed by atoms with Crippen molar-refractivity contribution in [1.82, 2.24) is 10.3 Å². The van der Waals surface area contributed by atoms with Crippen LogP contribution in [0.25, 0.3) is 0 Å². The minimum absolute atomic E-state index is 0.358. The lowest BCUT2D eigenvalue weighted by Gasteiger charge is -2.31. The third-order valence-electron chi connectivity index (χ3n) is 3.25. The van der Waals surface area contributed by atoms with Crippen LogP contribution in [0.15, 0.2) is 12.3 Å². The molecule has 0 aliphatic rings. The van der Waals surface area contributed by atoms with Crippen LogP contribution in [0.4, 0.5) is 5.69 Å². The Kier molecular flexibility index (Phi) is 6.81. The van der Waals surface area contributed by atoms with Crippen LogP contribution in [0.3, 0.4) is 0 Å². The second kappa shape index (κ2) is 8.12. The quantitative estimate of drug-likeness (QED) is 0.783. The normalized spacial score (nSPS) is 12.5. The van der Waals surface area contributed by atoms with Crippen LogP contribution < -0.4 is 10.2 Å². The number of pyridine rings is 1. The number of methoxy groups -OCH3 is 1. The molecule has 0 aliphatic heterocycles. The Hall–Kier alpha value is -1.13. The Bertz CT molecular complexity index is 382. The summed E-state index contributed by atoms with van der Waals surface area (Å²) < 4.78 is 5.29. The van der Waals surface area contributed by atoms with E-state index in [2.05, 4.69) is 42.0 Å². The largest absolute Gasteiger partial charge is 0.383 e. The molecule has 0 amide bonds. The van der Waals surface area contributed by atoms with Crippen molar-refractivity contribution in [3.05, 3.63) is 23.5 Å². The molecule has 4 nitrogen and oxygen atoms in total. The van der Waals surface area contributed by atoms with Gasteiger partial charge in [-0.2, -0.15) is 0 Å². The number of hydrogen-bond acceptors (Lipinski definition) is 4. The summed E-state index contributed by atoms with van der Waals surface area (Å²) in [6.45, 7) is 12.0. The summed E-state index contributed by atoms with van der Waals surface area (Å²) in [7, 11) is 1.75. The molecule has 19 heavy (non-hydrogen) atoms. The first kappa shape index (κ1) is 15.9. The van der Waals surface area contributed by atoms with Gasteiger partial charge in [0, 0.05) is 49.4 Å². The Labute approximate surface area is 117 Å². The molecule has 1 aromatic heterocycles. The molecule has 1 N–H and O–H groups in total. The van der Waals surface area contributed by atoms with Gasteiger partial charge in [0.25, 0.3) is 0 Å². The molecule has 1 unspecified atom stereocenters.